The van der Waals surface area contributed by atoms with E-state index < -0.39 is 37.9 Å². The lowest BCUT2D eigenvalue weighted by atomic mass is 10.0. The first-order valence-electron chi connectivity index (χ1n) is 8.49. The normalized spacial score (nSPS) is 14.5. The van der Waals surface area contributed by atoms with Crippen LogP contribution in [0.1, 0.15) is 30.1 Å². The first-order chi connectivity index (χ1) is 12.9. The summed E-state index contributed by atoms with van der Waals surface area (Å²) in [6, 6.07) is 13.4. The molecule has 2 atom stereocenters. The van der Waals surface area contributed by atoms with Crippen molar-refractivity contribution in [3.05, 3.63) is 65.7 Å². The monoisotopic (exact) mass is 424 g/mol. The fourth-order valence-electron chi connectivity index (χ4n) is 2.73. The van der Waals surface area contributed by atoms with Crippen LogP contribution in [0.15, 0.2) is 59.5 Å². The van der Waals surface area contributed by atoms with E-state index in [0.29, 0.717) is 11.1 Å². The van der Waals surface area contributed by atoms with Crippen LogP contribution in [0.5, 0.6) is 0 Å². The summed E-state index contributed by atoms with van der Waals surface area (Å²) in [6.07, 6.45) is 2.17. The van der Waals surface area contributed by atoms with Gasteiger partial charge in [0, 0.05) is 13.3 Å². The van der Waals surface area contributed by atoms with Crippen molar-refractivity contribution in [1.82, 2.24) is 9.62 Å². The molecule has 0 bridgehead atoms. The molecule has 1 N–H and O–H groups in total. The third kappa shape index (κ3) is 5.40. The second-order valence-electron chi connectivity index (χ2n) is 6.66. The molecule has 0 aromatic heterocycles. The number of likely N-dealkylation sites (N-methyl/N-ethyl adjacent to an activating group) is 1. The van der Waals surface area contributed by atoms with E-state index in [0.717, 1.165) is 16.8 Å². The van der Waals surface area contributed by atoms with Gasteiger partial charge in [0.15, 0.2) is 9.84 Å². The Morgan fingerprint density at radius 1 is 0.893 bits per heavy atom. The van der Waals surface area contributed by atoms with Crippen LogP contribution in [0, 0.1) is 0 Å². The van der Waals surface area contributed by atoms with Crippen molar-refractivity contribution in [1.29, 1.82) is 0 Å². The molecule has 28 heavy (non-hydrogen) atoms. The molecule has 0 aliphatic rings. The van der Waals surface area contributed by atoms with Gasteiger partial charge in [0.2, 0.25) is 15.9 Å². The Kier molecular flexibility index (Phi) is 6.63. The minimum Gasteiger partial charge on any atom is -0.348 e. The number of hydrogen-bond acceptors (Lipinski definition) is 5. The highest BCUT2D eigenvalue weighted by atomic mass is 32.2. The number of sulfone groups is 1. The van der Waals surface area contributed by atoms with Crippen LogP contribution in [0.4, 0.5) is 0 Å². The summed E-state index contributed by atoms with van der Waals surface area (Å²) in [4.78, 5) is 13.1. The molecule has 2 aromatic rings. The molecular formula is C19H24N2O5S2. The van der Waals surface area contributed by atoms with E-state index in [9.17, 15) is 21.6 Å². The lowest BCUT2D eigenvalue weighted by molar-refractivity contribution is -0.125. The highest BCUT2D eigenvalue weighted by Crippen LogP contribution is 2.24. The number of benzene rings is 2. The summed E-state index contributed by atoms with van der Waals surface area (Å²) in [6.45, 7) is 1.75. The maximum absolute atomic E-state index is 12.9. The van der Waals surface area contributed by atoms with Crippen LogP contribution in [0.25, 0.3) is 0 Å². The third-order valence-electron chi connectivity index (χ3n) is 4.42. The largest absolute Gasteiger partial charge is 0.348 e. The maximum Gasteiger partial charge on any atom is 0.243 e. The van der Waals surface area contributed by atoms with Gasteiger partial charge in [-0.15, -0.1) is 0 Å². The van der Waals surface area contributed by atoms with Crippen LogP contribution in [0.3, 0.4) is 0 Å². The molecule has 2 aromatic carbocycles. The van der Waals surface area contributed by atoms with E-state index in [4.69, 9.17) is 0 Å². The van der Waals surface area contributed by atoms with Gasteiger partial charge >= 0.3 is 0 Å². The zero-order valence-electron chi connectivity index (χ0n) is 16.2. The molecule has 0 spiro atoms. The topological polar surface area (TPSA) is 101 Å². The average molecular weight is 425 g/mol. The molecule has 0 unspecified atom stereocenters. The van der Waals surface area contributed by atoms with Crippen molar-refractivity contribution < 1.29 is 21.6 Å². The van der Waals surface area contributed by atoms with Crippen LogP contribution >= 0.6 is 0 Å². The predicted molar refractivity (Wildman–Crippen MR) is 108 cm³/mol. The van der Waals surface area contributed by atoms with Crippen LogP contribution < -0.4 is 5.32 Å². The molecule has 0 aliphatic carbocycles. The van der Waals surface area contributed by atoms with Crippen molar-refractivity contribution in [2.75, 3.05) is 19.6 Å². The van der Waals surface area contributed by atoms with Gasteiger partial charge in [0.05, 0.1) is 17.2 Å². The Morgan fingerprint density at radius 2 is 1.43 bits per heavy atom. The van der Waals surface area contributed by atoms with Gasteiger partial charge in [0.25, 0.3) is 0 Å². The van der Waals surface area contributed by atoms with Crippen LogP contribution in [-0.2, 0) is 24.7 Å². The number of carbonyl (C=O) groups is 1. The third-order valence-corrected chi connectivity index (χ3v) is 6.80. The van der Waals surface area contributed by atoms with E-state index >= 15 is 0 Å². The molecule has 152 valence electrons. The quantitative estimate of drug-likeness (QED) is 0.732. The number of hydrogen-bond donors (Lipinski definition) is 1. The molecule has 0 heterocycles. The average Bonchev–Trinajstić information content (AvgIpc) is 2.61. The molecule has 1 amide bonds. The lowest BCUT2D eigenvalue weighted by Gasteiger charge is -2.27. The first-order valence-corrected chi connectivity index (χ1v) is 12.2. The summed E-state index contributed by atoms with van der Waals surface area (Å²) in [5.41, 5.74) is 1.25. The fourth-order valence-corrected chi connectivity index (χ4v) is 3.96. The predicted octanol–water partition coefficient (Wildman–Crippen LogP) is 1.90. The molecule has 9 heteroatoms. The van der Waals surface area contributed by atoms with Crippen LogP contribution in [-0.4, -0.2) is 46.6 Å². The number of carbonyl (C=O) groups excluding carboxylic acids is 1. The second kappa shape index (κ2) is 8.42. The summed E-state index contributed by atoms with van der Waals surface area (Å²) in [5.74, 6) is -0.473. The molecule has 0 saturated heterocycles. The van der Waals surface area contributed by atoms with Crippen molar-refractivity contribution in [3.8, 4) is 0 Å². The molecule has 7 nitrogen and oxygen atoms in total. The molecule has 0 saturated carbocycles. The summed E-state index contributed by atoms with van der Waals surface area (Å²) >= 11 is 0. The zero-order valence-corrected chi connectivity index (χ0v) is 17.8. The maximum atomic E-state index is 12.9. The Hall–Kier alpha value is -2.23. The SMILES string of the molecule is C[C@@H](NC(=O)[C@@H](c1ccccc1)N(C)S(C)(=O)=O)c1ccc(S(C)(=O)=O)cc1. The van der Waals surface area contributed by atoms with E-state index in [1.165, 1.54) is 19.2 Å². The second-order valence-corrected chi connectivity index (χ2v) is 10.7. The Balaban J connectivity index is 2.28. The summed E-state index contributed by atoms with van der Waals surface area (Å²) in [7, 11) is -5.56. The van der Waals surface area contributed by atoms with Gasteiger partial charge in [0.1, 0.15) is 6.04 Å². The van der Waals surface area contributed by atoms with Gasteiger partial charge in [-0.3, -0.25) is 4.79 Å². The minimum absolute atomic E-state index is 0.189. The minimum atomic E-state index is -3.61. The first kappa shape index (κ1) is 22.1. The van der Waals surface area contributed by atoms with Crippen molar-refractivity contribution in [2.24, 2.45) is 0 Å². The zero-order chi connectivity index (χ0) is 21.1. The molecule has 0 fully saturated rings. The van der Waals surface area contributed by atoms with Crippen molar-refractivity contribution in [2.45, 2.75) is 23.9 Å². The van der Waals surface area contributed by atoms with Crippen LogP contribution in [0.2, 0.25) is 0 Å². The van der Waals surface area contributed by atoms with Gasteiger partial charge in [-0.2, -0.15) is 4.31 Å². The summed E-state index contributed by atoms with van der Waals surface area (Å²) < 4.78 is 48.2. The highest BCUT2D eigenvalue weighted by Gasteiger charge is 2.31. The number of amides is 1. The Bertz CT molecular complexity index is 1030. The summed E-state index contributed by atoms with van der Waals surface area (Å²) in [5, 5.41) is 2.81. The Morgan fingerprint density at radius 3 is 1.89 bits per heavy atom. The van der Waals surface area contributed by atoms with E-state index in [1.807, 2.05) is 0 Å². The molecule has 0 radical (unpaired) electrons. The van der Waals surface area contributed by atoms with Gasteiger partial charge < -0.3 is 5.32 Å². The van der Waals surface area contributed by atoms with E-state index in [2.05, 4.69) is 5.32 Å². The number of nitrogens with one attached hydrogen (secondary N) is 1. The highest BCUT2D eigenvalue weighted by molar-refractivity contribution is 7.90. The Labute approximate surface area is 166 Å². The number of nitrogens with zero attached hydrogens (tertiary/aromatic N) is 1. The van der Waals surface area contributed by atoms with Crippen molar-refractivity contribution >= 4 is 25.8 Å². The number of sulfonamides is 1. The van der Waals surface area contributed by atoms with E-state index in [-0.39, 0.29) is 4.90 Å². The van der Waals surface area contributed by atoms with Gasteiger partial charge in [-0.1, -0.05) is 42.5 Å². The van der Waals surface area contributed by atoms with E-state index in [1.54, 1.807) is 49.4 Å². The number of rotatable bonds is 7. The fraction of sp³-hybridized carbons (Fsp3) is 0.316. The molecular weight excluding hydrogens is 400 g/mol. The molecule has 2 rings (SSSR count). The van der Waals surface area contributed by atoms with Gasteiger partial charge in [-0.05, 0) is 30.2 Å². The standard InChI is InChI=1S/C19H24N2O5S2/c1-14(15-10-12-17(13-11-15)27(3,23)24)20-19(22)18(21(2)28(4,25)26)16-8-6-5-7-9-16/h5-14,18H,1-4H3,(H,20,22)/t14-,18-/m1/s1. The van der Waals surface area contributed by atoms with Crippen molar-refractivity contribution in [3.63, 3.8) is 0 Å². The van der Waals surface area contributed by atoms with Gasteiger partial charge in [-0.25, -0.2) is 16.8 Å². The lowest BCUT2D eigenvalue weighted by Crippen LogP contribution is -2.42. The smallest absolute Gasteiger partial charge is 0.243 e. The molecule has 0 aliphatic heterocycles.